The zero-order valence-corrected chi connectivity index (χ0v) is 17.5. The van der Waals surface area contributed by atoms with E-state index in [1.165, 1.54) is 12.1 Å². The van der Waals surface area contributed by atoms with Crippen LogP contribution in [0.5, 0.6) is 0 Å². The predicted octanol–water partition coefficient (Wildman–Crippen LogP) is 2.73. The number of carbonyl (C=O) groups excluding carboxylic acids is 2. The Kier molecular flexibility index (Phi) is 5.83. The van der Waals surface area contributed by atoms with E-state index >= 15 is 0 Å². The lowest BCUT2D eigenvalue weighted by molar-refractivity contribution is 0.0657. The van der Waals surface area contributed by atoms with Gasteiger partial charge in [-0.2, -0.15) is 0 Å². The van der Waals surface area contributed by atoms with Crippen LogP contribution in [0.3, 0.4) is 0 Å². The summed E-state index contributed by atoms with van der Waals surface area (Å²) < 4.78 is 15.8. The van der Waals surface area contributed by atoms with Crippen LogP contribution < -0.4 is 5.32 Å². The SMILES string of the molecule is CC(C)C(NC(=O)N1CCN(C(=O)c2ccccc2F)CC1)c1nnc2ccccn12. The van der Waals surface area contributed by atoms with E-state index in [0.29, 0.717) is 32.0 Å². The van der Waals surface area contributed by atoms with Gasteiger partial charge in [0.1, 0.15) is 5.82 Å². The molecule has 1 atom stereocenters. The van der Waals surface area contributed by atoms with E-state index in [9.17, 15) is 14.0 Å². The van der Waals surface area contributed by atoms with Crippen molar-refractivity contribution in [3.05, 3.63) is 65.9 Å². The molecule has 1 aliphatic heterocycles. The van der Waals surface area contributed by atoms with Crippen LogP contribution in [0.1, 0.15) is 36.1 Å². The molecule has 1 aliphatic rings. The second-order valence-corrected chi connectivity index (χ2v) is 7.92. The third-order valence-corrected chi connectivity index (χ3v) is 5.52. The molecule has 3 heterocycles. The maximum atomic E-state index is 13.9. The molecule has 3 aromatic rings. The Hall–Kier alpha value is -3.49. The summed E-state index contributed by atoms with van der Waals surface area (Å²) in [4.78, 5) is 28.8. The summed E-state index contributed by atoms with van der Waals surface area (Å²) in [7, 11) is 0. The minimum atomic E-state index is -0.534. The Balaban J connectivity index is 1.41. The van der Waals surface area contributed by atoms with Gasteiger partial charge < -0.3 is 15.1 Å². The highest BCUT2D eigenvalue weighted by Crippen LogP contribution is 2.21. The van der Waals surface area contributed by atoms with Crippen LogP contribution in [-0.4, -0.2) is 62.5 Å². The van der Waals surface area contributed by atoms with Gasteiger partial charge in [0.25, 0.3) is 5.91 Å². The van der Waals surface area contributed by atoms with Gasteiger partial charge in [-0.25, -0.2) is 9.18 Å². The van der Waals surface area contributed by atoms with Crippen molar-refractivity contribution in [2.75, 3.05) is 26.2 Å². The topological polar surface area (TPSA) is 82.8 Å². The number of nitrogens with zero attached hydrogens (tertiary/aromatic N) is 5. The van der Waals surface area contributed by atoms with Gasteiger partial charge in [0.2, 0.25) is 0 Å². The fraction of sp³-hybridized carbons (Fsp3) is 0.364. The van der Waals surface area contributed by atoms with E-state index < -0.39 is 5.82 Å². The summed E-state index contributed by atoms with van der Waals surface area (Å²) in [6, 6.07) is 11.1. The molecule has 3 amide bonds. The number of halogens is 1. The first-order valence-electron chi connectivity index (χ1n) is 10.3. The normalized spacial score (nSPS) is 15.4. The Morgan fingerprint density at radius 1 is 0.968 bits per heavy atom. The monoisotopic (exact) mass is 424 g/mol. The first-order valence-corrected chi connectivity index (χ1v) is 10.3. The lowest BCUT2D eigenvalue weighted by Gasteiger charge is -2.36. The number of fused-ring (bicyclic) bond motifs is 1. The number of amides is 3. The molecule has 1 saturated heterocycles. The number of nitrogens with one attached hydrogen (secondary N) is 1. The van der Waals surface area contributed by atoms with Crippen molar-refractivity contribution in [2.24, 2.45) is 5.92 Å². The molecule has 2 aromatic heterocycles. The van der Waals surface area contributed by atoms with Crippen molar-refractivity contribution in [3.8, 4) is 0 Å². The molecule has 162 valence electrons. The molecule has 1 aromatic carbocycles. The number of urea groups is 1. The third-order valence-electron chi connectivity index (χ3n) is 5.52. The Labute approximate surface area is 179 Å². The Bertz CT molecular complexity index is 1090. The van der Waals surface area contributed by atoms with Gasteiger partial charge in [-0.1, -0.05) is 32.0 Å². The number of pyridine rings is 1. The summed E-state index contributed by atoms with van der Waals surface area (Å²) in [6.07, 6.45) is 1.87. The number of benzene rings is 1. The number of aromatic nitrogens is 3. The van der Waals surface area contributed by atoms with Crippen molar-refractivity contribution in [1.82, 2.24) is 29.7 Å². The van der Waals surface area contributed by atoms with Gasteiger partial charge in [0.15, 0.2) is 11.5 Å². The van der Waals surface area contributed by atoms with Crippen LogP contribution >= 0.6 is 0 Å². The van der Waals surface area contributed by atoms with E-state index in [1.807, 2.05) is 42.6 Å². The third kappa shape index (κ3) is 4.21. The first-order chi connectivity index (χ1) is 15.0. The number of rotatable bonds is 4. The van der Waals surface area contributed by atoms with Gasteiger partial charge in [-0.15, -0.1) is 10.2 Å². The molecule has 0 aliphatic carbocycles. The number of carbonyl (C=O) groups is 2. The molecular weight excluding hydrogens is 399 g/mol. The van der Waals surface area contributed by atoms with Crippen LogP contribution in [0.15, 0.2) is 48.7 Å². The van der Waals surface area contributed by atoms with Crippen LogP contribution in [0.4, 0.5) is 9.18 Å². The predicted molar refractivity (Wildman–Crippen MR) is 113 cm³/mol. The molecule has 8 nitrogen and oxygen atoms in total. The van der Waals surface area contributed by atoms with Crippen LogP contribution in [0, 0.1) is 11.7 Å². The minimum Gasteiger partial charge on any atom is -0.335 e. The Morgan fingerprint density at radius 2 is 1.65 bits per heavy atom. The van der Waals surface area contributed by atoms with Crippen molar-refractivity contribution in [3.63, 3.8) is 0 Å². The molecule has 0 radical (unpaired) electrons. The van der Waals surface area contributed by atoms with Gasteiger partial charge in [-0.3, -0.25) is 9.20 Å². The quantitative estimate of drug-likeness (QED) is 0.698. The summed E-state index contributed by atoms with van der Waals surface area (Å²) in [6.45, 7) is 5.47. The van der Waals surface area contributed by atoms with E-state index in [0.717, 1.165) is 5.65 Å². The van der Waals surface area contributed by atoms with Crippen LogP contribution in [0.2, 0.25) is 0 Å². The van der Waals surface area contributed by atoms with Crippen molar-refractivity contribution >= 4 is 17.6 Å². The highest BCUT2D eigenvalue weighted by atomic mass is 19.1. The van der Waals surface area contributed by atoms with Crippen molar-refractivity contribution < 1.29 is 14.0 Å². The fourth-order valence-electron chi connectivity index (χ4n) is 3.74. The zero-order chi connectivity index (χ0) is 22.0. The molecule has 4 rings (SSSR count). The molecule has 1 N–H and O–H groups in total. The smallest absolute Gasteiger partial charge is 0.318 e. The summed E-state index contributed by atoms with van der Waals surface area (Å²) in [5.74, 6) is -0.117. The van der Waals surface area contributed by atoms with Gasteiger partial charge >= 0.3 is 6.03 Å². The highest BCUT2D eigenvalue weighted by molar-refractivity contribution is 5.94. The minimum absolute atomic E-state index is 0.0546. The molecule has 0 spiro atoms. The maximum Gasteiger partial charge on any atom is 0.318 e. The van der Waals surface area contributed by atoms with Gasteiger partial charge in [0, 0.05) is 32.4 Å². The average Bonchev–Trinajstić information content (AvgIpc) is 3.21. The molecule has 9 heteroatoms. The lowest BCUT2D eigenvalue weighted by atomic mass is 10.0. The van der Waals surface area contributed by atoms with E-state index in [-0.39, 0.29) is 29.5 Å². The van der Waals surface area contributed by atoms with Crippen molar-refractivity contribution in [1.29, 1.82) is 0 Å². The molecule has 31 heavy (non-hydrogen) atoms. The number of hydrogen-bond acceptors (Lipinski definition) is 4. The highest BCUT2D eigenvalue weighted by Gasteiger charge is 2.29. The average molecular weight is 424 g/mol. The van der Waals surface area contributed by atoms with E-state index in [2.05, 4.69) is 15.5 Å². The molecule has 0 bridgehead atoms. The van der Waals surface area contributed by atoms with Gasteiger partial charge in [-0.05, 0) is 30.2 Å². The van der Waals surface area contributed by atoms with E-state index in [1.54, 1.807) is 21.9 Å². The summed E-state index contributed by atoms with van der Waals surface area (Å²) in [5.41, 5.74) is 0.775. The van der Waals surface area contributed by atoms with Gasteiger partial charge in [0.05, 0.1) is 11.6 Å². The van der Waals surface area contributed by atoms with Crippen LogP contribution in [0.25, 0.3) is 5.65 Å². The molecule has 1 unspecified atom stereocenters. The molecule has 0 saturated carbocycles. The zero-order valence-electron chi connectivity index (χ0n) is 17.5. The fourth-order valence-corrected chi connectivity index (χ4v) is 3.74. The number of piperazine rings is 1. The Morgan fingerprint density at radius 3 is 2.35 bits per heavy atom. The first kappa shape index (κ1) is 20.8. The second-order valence-electron chi connectivity index (χ2n) is 7.92. The molecule has 1 fully saturated rings. The van der Waals surface area contributed by atoms with E-state index in [4.69, 9.17) is 0 Å². The largest absolute Gasteiger partial charge is 0.335 e. The maximum absolute atomic E-state index is 13.9. The standard InChI is InChI=1S/C22H25FN6O2/c1-15(2)19(20-26-25-18-9-5-6-10-29(18)20)24-22(31)28-13-11-27(12-14-28)21(30)16-7-3-4-8-17(16)23/h3-10,15,19H,11-14H2,1-2H3,(H,24,31). The summed E-state index contributed by atoms with van der Waals surface area (Å²) >= 11 is 0. The lowest BCUT2D eigenvalue weighted by Crippen LogP contribution is -2.54. The number of hydrogen-bond donors (Lipinski definition) is 1. The van der Waals surface area contributed by atoms with Crippen LogP contribution in [-0.2, 0) is 0 Å². The molecular formula is C22H25FN6O2. The summed E-state index contributed by atoms with van der Waals surface area (Å²) in [5, 5.41) is 11.5. The second kappa shape index (κ2) is 8.71. The van der Waals surface area contributed by atoms with Crippen molar-refractivity contribution in [2.45, 2.75) is 19.9 Å².